The molecule has 0 spiro atoms. The fourth-order valence-electron chi connectivity index (χ4n) is 3.08. The minimum atomic E-state index is -0.551. The van der Waals surface area contributed by atoms with Gasteiger partial charge in [0.15, 0.2) is 0 Å². The second-order valence-electron chi connectivity index (χ2n) is 6.98. The van der Waals surface area contributed by atoms with Crippen LogP contribution in [-0.2, 0) is 4.79 Å². The number of carbonyl (C=O) groups excluding carboxylic acids is 2. The number of thiophene rings is 1. The number of carbonyl (C=O) groups is 2. The molecule has 1 atom stereocenters. The third kappa shape index (κ3) is 6.18. The largest absolute Gasteiger partial charge is 0.323 e. The van der Waals surface area contributed by atoms with E-state index in [0.717, 1.165) is 10.5 Å². The number of halogens is 2. The lowest BCUT2D eigenvalue weighted by Gasteiger charge is -2.18. The third-order valence-electron chi connectivity index (χ3n) is 4.62. The van der Waals surface area contributed by atoms with Gasteiger partial charge in [-0.2, -0.15) is 0 Å². The average Bonchev–Trinajstić information content (AvgIpc) is 3.36. The first-order chi connectivity index (χ1) is 16.0. The molecule has 1 aromatic heterocycles. The van der Waals surface area contributed by atoms with E-state index in [2.05, 4.69) is 10.6 Å². The van der Waals surface area contributed by atoms with Gasteiger partial charge >= 0.3 is 0 Å². The van der Waals surface area contributed by atoms with Crippen molar-refractivity contribution in [1.29, 1.82) is 0 Å². The molecular weight excluding hydrogens is 495 g/mol. The molecule has 0 radical (unpaired) electrons. The van der Waals surface area contributed by atoms with Crippen molar-refractivity contribution in [1.82, 2.24) is 0 Å². The molecule has 0 fully saturated rings. The van der Waals surface area contributed by atoms with E-state index < -0.39 is 5.25 Å². The number of hydrogen-bond donors (Lipinski definition) is 2. The van der Waals surface area contributed by atoms with Gasteiger partial charge in [-0.15, -0.1) is 23.1 Å². The maximum Gasteiger partial charge on any atom is 0.265 e. The molecule has 0 bridgehead atoms. The summed E-state index contributed by atoms with van der Waals surface area (Å²) in [6.07, 6.45) is 0. The van der Waals surface area contributed by atoms with E-state index >= 15 is 0 Å². The van der Waals surface area contributed by atoms with Crippen molar-refractivity contribution in [3.63, 3.8) is 0 Å². The Kier molecular flexibility index (Phi) is 7.73. The zero-order chi connectivity index (χ0) is 23.2. The molecule has 0 saturated heterocycles. The van der Waals surface area contributed by atoms with E-state index in [1.807, 2.05) is 66.0 Å². The first-order valence-corrected chi connectivity index (χ1v) is 12.4. The number of rotatable bonds is 7. The van der Waals surface area contributed by atoms with Crippen LogP contribution in [0.3, 0.4) is 0 Å². The predicted molar refractivity (Wildman–Crippen MR) is 139 cm³/mol. The Morgan fingerprint density at radius 1 is 0.848 bits per heavy atom. The molecule has 0 aliphatic heterocycles. The second-order valence-corrected chi connectivity index (χ2v) is 9.95. The molecule has 4 nitrogen and oxygen atoms in total. The number of benzene rings is 3. The van der Waals surface area contributed by atoms with Crippen molar-refractivity contribution in [3.05, 3.63) is 111 Å². The molecule has 8 heteroatoms. The Labute approximate surface area is 209 Å². The highest BCUT2D eigenvalue weighted by Gasteiger charge is 2.23. The Balaban J connectivity index is 1.56. The van der Waals surface area contributed by atoms with E-state index in [-0.39, 0.29) is 11.8 Å². The van der Waals surface area contributed by atoms with Gasteiger partial charge in [0.05, 0.1) is 15.6 Å². The van der Waals surface area contributed by atoms with Crippen LogP contribution in [0.5, 0.6) is 0 Å². The first kappa shape index (κ1) is 23.4. The lowest BCUT2D eigenvalue weighted by molar-refractivity contribution is -0.115. The number of anilines is 2. The maximum absolute atomic E-state index is 13.3. The van der Waals surface area contributed by atoms with Crippen LogP contribution in [0.25, 0.3) is 0 Å². The zero-order valence-corrected chi connectivity index (χ0v) is 20.3. The van der Waals surface area contributed by atoms with E-state index in [4.69, 9.17) is 23.2 Å². The van der Waals surface area contributed by atoms with Crippen molar-refractivity contribution < 1.29 is 9.59 Å². The Morgan fingerprint density at radius 2 is 1.67 bits per heavy atom. The summed E-state index contributed by atoms with van der Waals surface area (Å²) >= 11 is 15.1. The van der Waals surface area contributed by atoms with Crippen LogP contribution in [0.2, 0.25) is 10.0 Å². The summed E-state index contributed by atoms with van der Waals surface area (Å²) in [4.78, 5) is 27.2. The van der Waals surface area contributed by atoms with Crippen molar-refractivity contribution in [2.24, 2.45) is 0 Å². The summed E-state index contributed by atoms with van der Waals surface area (Å²) < 4.78 is 0. The zero-order valence-electron chi connectivity index (χ0n) is 17.1. The van der Waals surface area contributed by atoms with Crippen LogP contribution in [0.1, 0.15) is 20.5 Å². The standard InChI is InChI=1S/C25H18Cl2N2O2S2/c26-17-11-12-20(27)21(14-17)29-25(31)23(16-6-2-1-3-7-16)33-19-9-4-8-18(15-19)28-24(30)22-10-5-13-32-22/h1-15,23H,(H,28,30)(H,29,31). The third-order valence-corrected chi connectivity index (χ3v) is 7.30. The molecule has 0 aliphatic rings. The smallest absolute Gasteiger partial charge is 0.265 e. The van der Waals surface area contributed by atoms with Crippen molar-refractivity contribution in [3.8, 4) is 0 Å². The van der Waals surface area contributed by atoms with Crippen molar-refractivity contribution in [2.75, 3.05) is 10.6 Å². The summed E-state index contributed by atoms with van der Waals surface area (Å²) in [5.41, 5.74) is 1.95. The van der Waals surface area contributed by atoms with Gasteiger partial charge in [-0.05, 0) is 53.4 Å². The molecule has 33 heavy (non-hydrogen) atoms. The number of nitrogens with one attached hydrogen (secondary N) is 2. The fourth-order valence-corrected chi connectivity index (χ4v) is 5.12. The summed E-state index contributed by atoms with van der Waals surface area (Å²) in [5.74, 6) is -0.400. The van der Waals surface area contributed by atoms with Gasteiger partial charge in [-0.25, -0.2) is 0 Å². The van der Waals surface area contributed by atoms with E-state index in [1.54, 1.807) is 24.3 Å². The molecule has 0 saturated carbocycles. The quantitative estimate of drug-likeness (QED) is 0.248. The van der Waals surface area contributed by atoms with Gasteiger partial charge in [-0.3, -0.25) is 9.59 Å². The Hall–Kier alpha value is -2.77. The Bertz CT molecular complexity index is 1260. The van der Waals surface area contributed by atoms with Crippen LogP contribution in [-0.4, -0.2) is 11.8 Å². The van der Waals surface area contributed by atoms with Gasteiger partial charge in [0, 0.05) is 15.6 Å². The van der Waals surface area contributed by atoms with Crippen LogP contribution < -0.4 is 10.6 Å². The number of thioether (sulfide) groups is 1. The van der Waals surface area contributed by atoms with Gasteiger partial charge in [-0.1, -0.05) is 65.7 Å². The van der Waals surface area contributed by atoms with Gasteiger partial charge in [0.25, 0.3) is 5.91 Å². The average molecular weight is 513 g/mol. The fraction of sp³-hybridized carbons (Fsp3) is 0.0400. The van der Waals surface area contributed by atoms with Gasteiger partial charge in [0.1, 0.15) is 5.25 Å². The molecule has 4 aromatic rings. The van der Waals surface area contributed by atoms with Crippen LogP contribution in [0.15, 0.2) is 95.2 Å². The molecular formula is C25H18Cl2N2O2S2. The minimum Gasteiger partial charge on any atom is -0.323 e. The van der Waals surface area contributed by atoms with Crippen molar-refractivity contribution >= 4 is 69.5 Å². The topological polar surface area (TPSA) is 58.2 Å². The lowest BCUT2D eigenvalue weighted by Crippen LogP contribution is -2.19. The van der Waals surface area contributed by atoms with Crippen LogP contribution in [0, 0.1) is 0 Å². The normalized spacial score (nSPS) is 11.6. The highest BCUT2D eigenvalue weighted by atomic mass is 35.5. The summed E-state index contributed by atoms with van der Waals surface area (Å²) in [7, 11) is 0. The van der Waals surface area contributed by atoms with Crippen molar-refractivity contribution in [2.45, 2.75) is 10.1 Å². The number of amides is 2. The first-order valence-electron chi connectivity index (χ1n) is 9.92. The molecule has 166 valence electrons. The summed E-state index contributed by atoms with van der Waals surface area (Å²) in [6, 6.07) is 25.4. The maximum atomic E-state index is 13.3. The summed E-state index contributed by atoms with van der Waals surface area (Å²) in [5, 5.41) is 7.99. The van der Waals surface area contributed by atoms with Gasteiger partial charge in [0.2, 0.25) is 5.91 Å². The Morgan fingerprint density at radius 3 is 2.42 bits per heavy atom. The molecule has 1 heterocycles. The number of hydrogen-bond acceptors (Lipinski definition) is 4. The highest BCUT2D eigenvalue weighted by Crippen LogP contribution is 2.38. The highest BCUT2D eigenvalue weighted by molar-refractivity contribution is 8.00. The monoisotopic (exact) mass is 512 g/mol. The van der Waals surface area contributed by atoms with E-state index in [0.29, 0.717) is 26.3 Å². The summed E-state index contributed by atoms with van der Waals surface area (Å²) in [6.45, 7) is 0. The molecule has 2 amide bonds. The molecule has 1 unspecified atom stereocenters. The lowest BCUT2D eigenvalue weighted by atomic mass is 10.1. The van der Waals surface area contributed by atoms with E-state index in [1.165, 1.54) is 23.1 Å². The molecule has 3 aromatic carbocycles. The minimum absolute atomic E-state index is 0.167. The van der Waals surface area contributed by atoms with Crippen LogP contribution in [0.4, 0.5) is 11.4 Å². The van der Waals surface area contributed by atoms with E-state index in [9.17, 15) is 9.59 Å². The predicted octanol–water partition coefficient (Wildman–Crippen LogP) is 7.78. The van der Waals surface area contributed by atoms with Gasteiger partial charge < -0.3 is 10.6 Å². The van der Waals surface area contributed by atoms with Crippen LogP contribution >= 0.6 is 46.3 Å². The SMILES string of the molecule is O=C(Nc1cccc(SC(C(=O)Nc2cc(Cl)ccc2Cl)c2ccccc2)c1)c1cccs1. The molecule has 4 rings (SSSR count). The molecule has 0 aliphatic carbocycles. The second kappa shape index (κ2) is 10.9. The molecule has 2 N–H and O–H groups in total.